The second-order valence-electron chi connectivity index (χ2n) is 6.30. The minimum atomic E-state index is -0.675. The summed E-state index contributed by atoms with van der Waals surface area (Å²) in [5, 5.41) is 2.97. The Morgan fingerprint density at radius 3 is 2.59 bits per heavy atom. The molecule has 0 unspecified atom stereocenters. The highest BCUT2D eigenvalue weighted by atomic mass is 35.5. The topological polar surface area (TPSA) is 75.7 Å². The first-order valence-electron chi connectivity index (χ1n) is 8.55. The molecule has 2 aromatic rings. The van der Waals surface area contributed by atoms with Gasteiger partial charge in [-0.3, -0.25) is 14.4 Å². The summed E-state index contributed by atoms with van der Waals surface area (Å²) in [6.07, 6.45) is 0.771. The van der Waals surface area contributed by atoms with Gasteiger partial charge in [0.05, 0.1) is 0 Å². The molecule has 0 fully saturated rings. The second-order valence-corrected chi connectivity index (χ2v) is 6.73. The molecule has 6 nitrogen and oxygen atoms in total. The normalized spacial score (nSPS) is 15.2. The number of hydrogen-bond donors (Lipinski definition) is 1. The van der Waals surface area contributed by atoms with Crippen molar-refractivity contribution in [1.29, 1.82) is 0 Å². The van der Waals surface area contributed by atoms with E-state index in [0.29, 0.717) is 10.6 Å². The first kappa shape index (κ1) is 18.9. The Morgan fingerprint density at radius 1 is 1.15 bits per heavy atom. The molecule has 2 amide bonds. The predicted octanol–water partition coefficient (Wildman–Crippen LogP) is 2.59. The van der Waals surface area contributed by atoms with Crippen LogP contribution in [0.5, 0.6) is 0 Å². The molecule has 1 aliphatic heterocycles. The summed E-state index contributed by atoms with van der Waals surface area (Å²) in [6, 6.07) is 14.0. The van der Waals surface area contributed by atoms with Gasteiger partial charge in [0.1, 0.15) is 6.54 Å². The first-order chi connectivity index (χ1) is 13.0. The average Bonchev–Trinajstić information content (AvgIpc) is 3.00. The van der Waals surface area contributed by atoms with Crippen LogP contribution >= 0.6 is 11.6 Å². The van der Waals surface area contributed by atoms with Gasteiger partial charge in [0.25, 0.3) is 11.8 Å². The van der Waals surface area contributed by atoms with Gasteiger partial charge in [0, 0.05) is 22.3 Å². The van der Waals surface area contributed by atoms with Crippen LogP contribution in [0.25, 0.3) is 0 Å². The summed E-state index contributed by atoms with van der Waals surface area (Å²) in [6.45, 7) is 1.27. The molecule has 0 aliphatic carbocycles. The van der Waals surface area contributed by atoms with E-state index >= 15 is 0 Å². The molecule has 1 aliphatic rings. The molecule has 7 heteroatoms. The van der Waals surface area contributed by atoms with E-state index < -0.39 is 11.9 Å². The molecule has 1 atom stereocenters. The van der Waals surface area contributed by atoms with Crippen molar-refractivity contribution in [2.24, 2.45) is 0 Å². The molecule has 0 bridgehead atoms. The largest absolute Gasteiger partial charge is 0.454 e. The number of hydrogen-bond acceptors (Lipinski definition) is 4. The second kappa shape index (κ2) is 8.22. The summed E-state index contributed by atoms with van der Waals surface area (Å²) in [5.74, 6) is -1.38. The number of carbonyl (C=O) groups excluding carboxylic acids is 3. The predicted molar refractivity (Wildman–Crippen MR) is 102 cm³/mol. The number of nitrogens with zero attached hydrogens (tertiary/aromatic N) is 1. The summed E-state index contributed by atoms with van der Waals surface area (Å²) in [7, 11) is 0. The van der Waals surface area contributed by atoms with Crippen LogP contribution in [0.4, 0.5) is 5.69 Å². The number of fused-ring (bicyclic) bond motifs is 1. The standard InChI is InChI=1S/C20H19ClN2O4/c1-13-10-15-4-2-3-5-17(15)23(13)18(24)12-27-19(25)11-22-20(26)14-6-8-16(21)9-7-14/h2-9,13H,10-12H2,1H3,(H,22,26)/t13-/m1/s1. The van der Waals surface area contributed by atoms with Crippen LogP contribution in [0, 0.1) is 0 Å². The Balaban J connectivity index is 1.48. The zero-order valence-electron chi connectivity index (χ0n) is 14.8. The van der Waals surface area contributed by atoms with Crippen LogP contribution in [0.15, 0.2) is 48.5 Å². The third-order valence-electron chi connectivity index (χ3n) is 4.33. The highest BCUT2D eigenvalue weighted by molar-refractivity contribution is 6.30. The SMILES string of the molecule is C[C@@H]1Cc2ccccc2N1C(=O)COC(=O)CNC(=O)c1ccc(Cl)cc1. The Kier molecular flexibility index (Phi) is 5.76. The van der Waals surface area contributed by atoms with E-state index in [9.17, 15) is 14.4 Å². The van der Waals surface area contributed by atoms with E-state index in [-0.39, 0.29) is 25.1 Å². The molecule has 0 spiro atoms. The van der Waals surface area contributed by atoms with Gasteiger partial charge in [-0.1, -0.05) is 29.8 Å². The molecule has 140 valence electrons. The Labute approximate surface area is 162 Å². The smallest absolute Gasteiger partial charge is 0.325 e. The monoisotopic (exact) mass is 386 g/mol. The van der Waals surface area contributed by atoms with Gasteiger partial charge in [-0.25, -0.2) is 0 Å². The number of carbonyl (C=O) groups is 3. The van der Waals surface area contributed by atoms with Gasteiger partial charge in [-0.15, -0.1) is 0 Å². The fourth-order valence-corrected chi connectivity index (χ4v) is 3.19. The van der Waals surface area contributed by atoms with Crippen LogP contribution < -0.4 is 10.2 Å². The third kappa shape index (κ3) is 4.46. The van der Waals surface area contributed by atoms with Crippen LogP contribution in [0.2, 0.25) is 5.02 Å². The molecule has 0 saturated carbocycles. The van der Waals surface area contributed by atoms with E-state index in [2.05, 4.69) is 5.32 Å². The fourth-order valence-electron chi connectivity index (χ4n) is 3.06. The fraction of sp³-hybridized carbons (Fsp3) is 0.250. The van der Waals surface area contributed by atoms with E-state index in [1.807, 2.05) is 31.2 Å². The summed E-state index contributed by atoms with van der Waals surface area (Å²) >= 11 is 5.77. The lowest BCUT2D eigenvalue weighted by Crippen LogP contribution is -2.39. The van der Waals surface area contributed by atoms with Crippen LogP contribution in [0.3, 0.4) is 0 Å². The van der Waals surface area contributed by atoms with Gasteiger partial charge in [0.2, 0.25) is 0 Å². The number of anilines is 1. The van der Waals surface area contributed by atoms with Crippen molar-refractivity contribution < 1.29 is 19.1 Å². The van der Waals surface area contributed by atoms with Gasteiger partial charge in [-0.05, 0) is 49.2 Å². The number of benzene rings is 2. The molecule has 1 N–H and O–H groups in total. The van der Waals surface area contributed by atoms with Crippen LogP contribution in [0.1, 0.15) is 22.8 Å². The van der Waals surface area contributed by atoms with E-state index in [4.69, 9.17) is 16.3 Å². The number of nitrogens with one attached hydrogen (secondary N) is 1. The van der Waals surface area contributed by atoms with Crippen molar-refractivity contribution in [3.8, 4) is 0 Å². The Morgan fingerprint density at radius 2 is 1.85 bits per heavy atom. The maximum absolute atomic E-state index is 12.5. The van der Waals surface area contributed by atoms with Crippen molar-refractivity contribution in [2.45, 2.75) is 19.4 Å². The third-order valence-corrected chi connectivity index (χ3v) is 4.58. The maximum Gasteiger partial charge on any atom is 0.325 e. The number of para-hydroxylation sites is 1. The summed E-state index contributed by atoms with van der Waals surface area (Å²) in [5.41, 5.74) is 2.33. The van der Waals surface area contributed by atoms with E-state index in [0.717, 1.165) is 17.7 Å². The number of amides is 2. The molecular weight excluding hydrogens is 368 g/mol. The van der Waals surface area contributed by atoms with Crippen molar-refractivity contribution in [3.63, 3.8) is 0 Å². The van der Waals surface area contributed by atoms with Gasteiger partial charge < -0.3 is 15.0 Å². The number of esters is 1. The van der Waals surface area contributed by atoms with Crippen molar-refractivity contribution in [3.05, 3.63) is 64.7 Å². The highest BCUT2D eigenvalue weighted by Gasteiger charge is 2.30. The number of ether oxygens (including phenoxy) is 1. The molecule has 0 saturated heterocycles. The lowest BCUT2D eigenvalue weighted by molar-refractivity contribution is -0.146. The van der Waals surface area contributed by atoms with E-state index in [1.165, 1.54) is 0 Å². The van der Waals surface area contributed by atoms with Gasteiger partial charge >= 0.3 is 5.97 Å². The van der Waals surface area contributed by atoms with Crippen molar-refractivity contribution >= 4 is 35.1 Å². The highest BCUT2D eigenvalue weighted by Crippen LogP contribution is 2.31. The van der Waals surface area contributed by atoms with Gasteiger partial charge in [0.15, 0.2) is 6.61 Å². The molecule has 0 radical (unpaired) electrons. The summed E-state index contributed by atoms with van der Waals surface area (Å²) < 4.78 is 5.02. The molecule has 27 heavy (non-hydrogen) atoms. The number of rotatable bonds is 5. The lowest BCUT2D eigenvalue weighted by Gasteiger charge is -2.22. The van der Waals surface area contributed by atoms with Crippen molar-refractivity contribution in [1.82, 2.24) is 5.32 Å². The molecular formula is C20H19ClN2O4. The quantitative estimate of drug-likeness (QED) is 0.801. The van der Waals surface area contributed by atoms with Crippen molar-refractivity contribution in [2.75, 3.05) is 18.1 Å². The minimum absolute atomic E-state index is 0.0122. The molecule has 1 heterocycles. The van der Waals surface area contributed by atoms with Crippen LogP contribution in [-0.4, -0.2) is 37.0 Å². The summed E-state index contributed by atoms with van der Waals surface area (Å²) in [4.78, 5) is 37.9. The van der Waals surface area contributed by atoms with Crippen LogP contribution in [-0.2, 0) is 20.7 Å². The number of halogens is 1. The molecule has 3 rings (SSSR count). The Hall–Kier alpha value is -2.86. The zero-order chi connectivity index (χ0) is 19.4. The molecule has 2 aromatic carbocycles. The zero-order valence-corrected chi connectivity index (χ0v) is 15.5. The van der Waals surface area contributed by atoms with Gasteiger partial charge in [-0.2, -0.15) is 0 Å². The minimum Gasteiger partial charge on any atom is -0.454 e. The maximum atomic E-state index is 12.5. The molecule has 0 aromatic heterocycles. The van der Waals surface area contributed by atoms with E-state index in [1.54, 1.807) is 29.2 Å². The lowest BCUT2D eigenvalue weighted by atomic mass is 10.1. The average molecular weight is 387 g/mol. The first-order valence-corrected chi connectivity index (χ1v) is 8.93. The Bertz CT molecular complexity index is 867.